The SMILES string of the molecule is CC.Cc1nc(Cl)c2ccc(C)c(I)c2n1. The average molecular weight is 349 g/mol. The van der Waals surface area contributed by atoms with Gasteiger partial charge in [0.25, 0.3) is 0 Å². The Balaban J connectivity index is 0.000000606. The second-order valence-electron chi connectivity index (χ2n) is 3.15. The quantitative estimate of drug-likeness (QED) is 0.516. The first-order valence-electron chi connectivity index (χ1n) is 5.18. The monoisotopic (exact) mass is 348 g/mol. The minimum absolute atomic E-state index is 0.533. The Hall–Kier alpha value is -0.420. The predicted molar refractivity (Wildman–Crippen MR) is 78.1 cm³/mol. The molecule has 16 heavy (non-hydrogen) atoms. The molecular weight excluding hydrogens is 335 g/mol. The molecule has 0 radical (unpaired) electrons. The summed E-state index contributed by atoms with van der Waals surface area (Å²) < 4.78 is 1.15. The van der Waals surface area contributed by atoms with Crippen molar-refractivity contribution < 1.29 is 0 Å². The molecule has 0 atom stereocenters. The summed E-state index contributed by atoms with van der Waals surface area (Å²) in [5.41, 5.74) is 2.16. The van der Waals surface area contributed by atoms with E-state index in [1.165, 1.54) is 5.56 Å². The summed E-state index contributed by atoms with van der Waals surface area (Å²) in [6.07, 6.45) is 0. The summed E-state index contributed by atoms with van der Waals surface area (Å²) >= 11 is 8.32. The van der Waals surface area contributed by atoms with Gasteiger partial charge in [-0.25, -0.2) is 9.97 Å². The standard InChI is InChI=1S/C10H8ClIN2.C2H6/c1-5-3-4-7-9(8(5)12)13-6(2)14-10(7)11;1-2/h3-4H,1-2H3;1-2H3. The van der Waals surface area contributed by atoms with Crippen molar-refractivity contribution in [1.82, 2.24) is 9.97 Å². The molecular formula is C12H14ClIN2. The average Bonchev–Trinajstić information content (AvgIpc) is 2.27. The summed E-state index contributed by atoms with van der Waals surface area (Å²) in [7, 11) is 0. The zero-order valence-electron chi connectivity index (χ0n) is 9.81. The number of halogens is 2. The molecule has 1 aromatic carbocycles. The maximum Gasteiger partial charge on any atom is 0.140 e. The van der Waals surface area contributed by atoms with Gasteiger partial charge in [-0.1, -0.05) is 31.5 Å². The number of aryl methyl sites for hydroxylation is 2. The van der Waals surface area contributed by atoms with Crippen LogP contribution in [0.4, 0.5) is 0 Å². The van der Waals surface area contributed by atoms with E-state index in [-0.39, 0.29) is 0 Å². The van der Waals surface area contributed by atoms with Gasteiger partial charge in [0.1, 0.15) is 11.0 Å². The number of rotatable bonds is 0. The number of nitrogens with zero attached hydrogens (tertiary/aromatic N) is 2. The van der Waals surface area contributed by atoms with Gasteiger partial charge in [-0.3, -0.25) is 0 Å². The van der Waals surface area contributed by atoms with Crippen molar-refractivity contribution in [1.29, 1.82) is 0 Å². The predicted octanol–water partition coefficient (Wildman–Crippen LogP) is 4.53. The summed E-state index contributed by atoms with van der Waals surface area (Å²) in [5, 5.41) is 1.46. The smallest absolute Gasteiger partial charge is 0.140 e. The molecule has 0 N–H and O–H groups in total. The first-order chi connectivity index (χ1) is 7.59. The molecule has 0 unspecified atom stereocenters. The van der Waals surface area contributed by atoms with Crippen LogP contribution in [-0.4, -0.2) is 9.97 Å². The fourth-order valence-corrected chi connectivity index (χ4v) is 2.20. The number of aromatic nitrogens is 2. The van der Waals surface area contributed by atoms with E-state index in [1.807, 2.05) is 32.9 Å². The van der Waals surface area contributed by atoms with Crippen LogP contribution in [-0.2, 0) is 0 Å². The van der Waals surface area contributed by atoms with Crippen LogP contribution >= 0.6 is 34.2 Å². The molecule has 86 valence electrons. The summed E-state index contributed by atoms with van der Waals surface area (Å²) in [6.45, 7) is 7.91. The highest BCUT2D eigenvalue weighted by molar-refractivity contribution is 14.1. The van der Waals surface area contributed by atoms with Gasteiger partial charge < -0.3 is 0 Å². The second-order valence-corrected chi connectivity index (χ2v) is 4.59. The Morgan fingerprint density at radius 1 is 1.12 bits per heavy atom. The number of fused-ring (bicyclic) bond motifs is 1. The topological polar surface area (TPSA) is 25.8 Å². The van der Waals surface area contributed by atoms with Crippen molar-refractivity contribution in [2.75, 3.05) is 0 Å². The van der Waals surface area contributed by atoms with E-state index in [1.54, 1.807) is 0 Å². The van der Waals surface area contributed by atoms with Gasteiger partial charge in [0.2, 0.25) is 0 Å². The van der Waals surface area contributed by atoms with Crippen LogP contribution in [0.5, 0.6) is 0 Å². The molecule has 0 saturated heterocycles. The zero-order chi connectivity index (χ0) is 12.3. The Morgan fingerprint density at radius 2 is 1.75 bits per heavy atom. The van der Waals surface area contributed by atoms with Crippen molar-refractivity contribution in [2.45, 2.75) is 27.7 Å². The molecule has 4 heteroatoms. The van der Waals surface area contributed by atoms with Gasteiger partial charge >= 0.3 is 0 Å². The van der Waals surface area contributed by atoms with Crippen LogP contribution in [0.1, 0.15) is 25.2 Å². The third-order valence-electron chi connectivity index (χ3n) is 2.07. The summed E-state index contributed by atoms with van der Waals surface area (Å²) in [4.78, 5) is 8.52. The minimum atomic E-state index is 0.533. The fourth-order valence-electron chi connectivity index (χ4n) is 1.33. The molecule has 0 amide bonds. The number of benzene rings is 1. The lowest BCUT2D eigenvalue weighted by Crippen LogP contribution is -1.93. The number of hydrogen-bond donors (Lipinski definition) is 0. The molecule has 2 nitrogen and oxygen atoms in total. The maximum atomic E-state index is 6.03. The van der Waals surface area contributed by atoms with E-state index in [0.29, 0.717) is 11.0 Å². The lowest BCUT2D eigenvalue weighted by atomic mass is 10.2. The van der Waals surface area contributed by atoms with Crippen LogP contribution in [0.25, 0.3) is 10.9 Å². The van der Waals surface area contributed by atoms with Gasteiger partial charge in [0, 0.05) is 8.96 Å². The zero-order valence-corrected chi connectivity index (χ0v) is 12.7. The van der Waals surface area contributed by atoms with Crippen molar-refractivity contribution >= 4 is 45.1 Å². The Labute approximate surface area is 115 Å². The minimum Gasteiger partial charge on any atom is -0.232 e. The fraction of sp³-hybridized carbons (Fsp3) is 0.333. The lowest BCUT2D eigenvalue weighted by Gasteiger charge is -2.05. The highest BCUT2D eigenvalue weighted by Crippen LogP contribution is 2.26. The largest absolute Gasteiger partial charge is 0.232 e. The number of hydrogen-bond acceptors (Lipinski definition) is 2. The van der Waals surface area contributed by atoms with E-state index < -0.39 is 0 Å². The van der Waals surface area contributed by atoms with Crippen LogP contribution in [0.3, 0.4) is 0 Å². The Kier molecular flexibility index (Phi) is 4.92. The molecule has 0 aliphatic carbocycles. The molecule has 0 saturated carbocycles. The van der Waals surface area contributed by atoms with Gasteiger partial charge in [0.05, 0.1) is 5.52 Å². The van der Waals surface area contributed by atoms with Crippen molar-refractivity contribution in [2.24, 2.45) is 0 Å². The first-order valence-corrected chi connectivity index (χ1v) is 6.64. The molecule has 1 aromatic heterocycles. The molecule has 1 heterocycles. The molecule has 2 aromatic rings. The second kappa shape index (κ2) is 5.77. The van der Waals surface area contributed by atoms with Crippen LogP contribution in [0, 0.1) is 17.4 Å². The molecule has 2 rings (SSSR count). The van der Waals surface area contributed by atoms with Crippen molar-refractivity contribution in [3.05, 3.63) is 32.2 Å². The molecule has 0 fully saturated rings. The third-order valence-corrected chi connectivity index (χ3v) is 3.71. The Morgan fingerprint density at radius 3 is 2.38 bits per heavy atom. The van der Waals surface area contributed by atoms with Gasteiger partial charge in [-0.2, -0.15) is 0 Å². The first kappa shape index (κ1) is 13.6. The van der Waals surface area contributed by atoms with E-state index in [2.05, 4.69) is 39.5 Å². The maximum absolute atomic E-state index is 6.03. The normalized spacial score (nSPS) is 9.88. The molecule has 0 aliphatic rings. The molecule has 0 spiro atoms. The summed E-state index contributed by atoms with van der Waals surface area (Å²) in [6, 6.07) is 4.00. The van der Waals surface area contributed by atoms with E-state index in [0.717, 1.165) is 14.5 Å². The Bertz CT molecular complexity index is 512. The van der Waals surface area contributed by atoms with Crippen molar-refractivity contribution in [3.8, 4) is 0 Å². The van der Waals surface area contributed by atoms with Gasteiger partial charge in [-0.15, -0.1) is 0 Å². The van der Waals surface area contributed by atoms with Crippen molar-refractivity contribution in [3.63, 3.8) is 0 Å². The highest BCUT2D eigenvalue weighted by atomic mass is 127. The van der Waals surface area contributed by atoms with Gasteiger partial charge in [-0.05, 0) is 48.1 Å². The van der Waals surface area contributed by atoms with Gasteiger partial charge in [0.15, 0.2) is 0 Å². The van der Waals surface area contributed by atoms with Crippen LogP contribution < -0.4 is 0 Å². The van der Waals surface area contributed by atoms with Crippen LogP contribution in [0.15, 0.2) is 12.1 Å². The van der Waals surface area contributed by atoms with E-state index in [4.69, 9.17) is 11.6 Å². The highest BCUT2D eigenvalue weighted by Gasteiger charge is 2.07. The molecule has 0 aliphatic heterocycles. The van der Waals surface area contributed by atoms with E-state index in [9.17, 15) is 0 Å². The van der Waals surface area contributed by atoms with Crippen LogP contribution in [0.2, 0.25) is 5.15 Å². The van der Waals surface area contributed by atoms with E-state index >= 15 is 0 Å². The third kappa shape index (κ3) is 2.63. The summed E-state index contributed by atoms with van der Waals surface area (Å²) in [5.74, 6) is 0.714. The lowest BCUT2D eigenvalue weighted by molar-refractivity contribution is 1.09. The molecule has 0 bridgehead atoms.